The molecular formula is C10H13BFNO4S. The lowest BCUT2D eigenvalue weighted by Gasteiger charge is -2.08. The minimum atomic E-state index is -3.54. The first kappa shape index (κ1) is 14.7. The molecule has 0 atom stereocenters. The van der Waals surface area contributed by atoms with E-state index in [4.69, 9.17) is 10.0 Å². The van der Waals surface area contributed by atoms with Gasteiger partial charge < -0.3 is 10.0 Å². The van der Waals surface area contributed by atoms with Gasteiger partial charge >= 0.3 is 7.12 Å². The van der Waals surface area contributed by atoms with Crippen LogP contribution in [0.1, 0.15) is 11.1 Å². The first-order valence-electron chi connectivity index (χ1n) is 5.01. The van der Waals surface area contributed by atoms with Gasteiger partial charge in [-0.25, -0.2) is 12.8 Å². The second-order valence-electron chi connectivity index (χ2n) is 3.84. The maximum atomic E-state index is 13.6. The van der Waals surface area contributed by atoms with Gasteiger partial charge in [0.05, 0.1) is 11.9 Å². The highest BCUT2D eigenvalue weighted by Gasteiger charge is 2.10. The highest BCUT2D eigenvalue weighted by Crippen LogP contribution is 2.21. The topological polar surface area (TPSA) is 86.6 Å². The highest BCUT2D eigenvalue weighted by molar-refractivity contribution is 7.92. The maximum Gasteiger partial charge on any atom is 0.480 e. The lowest BCUT2D eigenvalue weighted by atomic mass is 9.90. The van der Waals surface area contributed by atoms with Gasteiger partial charge in [0.25, 0.3) is 0 Å². The van der Waals surface area contributed by atoms with Gasteiger partial charge in [0.15, 0.2) is 0 Å². The van der Waals surface area contributed by atoms with Crippen molar-refractivity contribution < 1.29 is 22.9 Å². The fourth-order valence-electron chi connectivity index (χ4n) is 1.34. The Hall–Kier alpha value is -1.38. The molecule has 0 spiro atoms. The number of hydrogen-bond donors (Lipinski definition) is 3. The molecule has 1 aromatic rings. The number of halogens is 1. The Morgan fingerprint density at radius 3 is 2.50 bits per heavy atom. The van der Waals surface area contributed by atoms with Crippen molar-refractivity contribution in [3.63, 3.8) is 0 Å². The fourth-order valence-corrected chi connectivity index (χ4v) is 1.90. The van der Waals surface area contributed by atoms with E-state index in [1.54, 1.807) is 6.92 Å². The van der Waals surface area contributed by atoms with Crippen LogP contribution in [0, 0.1) is 12.7 Å². The first-order chi connectivity index (χ1) is 8.19. The van der Waals surface area contributed by atoms with Crippen LogP contribution in [0.2, 0.25) is 0 Å². The van der Waals surface area contributed by atoms with E-state index in [2.05, 4.69) is 4.72 Å². The molecule has 0 saturated heterocycles. The quantitative estimate of drug-likeness (QED) is 0.698. The third-order valence-corrected chi connectivity index (χ3v) is 2.69. The molecule has 0 fully saturated rings. The van der Waals surface area contributed by atoms with Crippen molar-refractivity contribution in [2.45, 2.75) is 6.92 Å². The average Bonchev–Trinajstić information content (AvgIpc) is 2.18. The molecule has 5 nitrogen and oxygen atoms in total. The second-order valence-corrected chi connectivity index (χ2v) is 5.58. The molecule has 0 unspecified atom stereocenters. The Balaban J connectivity index is 3.12. The largest absolute Gasteiger partial charge is 0.480 e. The Labute approximate surface area is 105 Å². The molecule has 1 rings (SSSR count). The average molecular weight is 273 g/mol. The van der Waals surface area contributed by atoms with Crippen molar-refractivity contribution in [2.24, 2.45) is 0 Å². The summed E-state index contributed by atoms with van der Waals surface area (Å²) in [7, 11) is -5.17. The molecule has 0 saturated carbocycles. The molecule has 0 aliphatic heterocycles. The number of rotatable bonds is 4. The van der Waals surface area contributed by atoms with Gasteiger partial charge in [-0.05, 0) is 30.2 Å². The zero-order chi connectivity index (χ0) is 13.9. The Kier molecular flexibility index (Phi) is 4.50. The van der Waals surface area contributed by atoms with Gasteiger partial charge in [0, 0.05) is 0 Å². The van der Waals surface area contributed by atoms with E-state index in [0.29, 0.717) is 11.1 Å². The molecule has 0 bridgehead atoms. The molecular weight excluding hydrogens is 260 g/mol. The van der Waals surface area contributed by atoms with Gasteiger partial charge in [-0.15, -0.1) is 0 Å². The van der Waals surface area contributed by atoms with Crippen LogP contribution in [0.25, 0.3) is 6.08 Å². The smallest absolute Gasteiger partial charge is 0.424 e. The lowest BCUT2D eigenvalue weighted by molar-refractivity contribution is 0.424. The van der Waals surface area contributed by atoms with Crippen molar-refractivity contribution in [2.75, 3.05) is 11.0 Å². The fraction of sp³-hybridized carbons (Fsp3) is 0.200. The molecule has 0 radical (unpaired) electrons. The summed E-state index contributed by atoms with van der Waals surface area (Å²) >= 11 is 0. The number of sulfonamides is 1. The lowest BCUT2D eigenvalue weighted by Crippen LogP contribution is -2.11. The van der Waals surface area contributed by atoms with Gasteiger partial charge in [0.1, 0.15) is 5.82 Å². The van der Waals surface area contributed by atoms with Crippen LogP contribution in [-0.4, -0.2) is 31.8 Å². The van der Waals surface area contributed by atoms with Crippen LogP contribution in [0.5, 0.6) is 0 Å². The molecule has 0 aliphatic carbocycles. The number of aryl methyl sites for hydroxylation is 1. The second kappa shape index (κ2) is 5.51. The summed E-state index contributed by atoms with van der Waals surface area (Å²) in [6.45, 7) is 1.65. The minimum absolute atomic E-state index is 0.142. The Morgan fingerprint density at radius 1 is 1.39 bits per heavy atom. The molecule has 8 heteroatoms. The van der Waals surface area contributed by atoms with E-state index in [1.807, 2.05) is 0 Å². The number of benzene rings is 1. The zero-order valence-electron chi connectivity index (χ0n) is 9.88. The van der Waals surface area contributed by atoms with E-state index in [-0.39, 0.29) is 5.69 Å². The number of hydrogen-bond acceptors (Lipinski definition) is 4. The predicted octanol–water partition coefficient (Wildman–Crippen LogP) is 0.531. The molecule has 0 aliphatic rings. The van der Waals surface area contributed by atoms with Crippen LogP contribution in [0.15, 0.2) is 18.1 Å². The Bertz CT molecular complexity index is 571. The molecule has 0 amide bonds. The van der Waals surface area contributed by atoms with Crippen LogP contribution in [0.3, 0.4) is 0 Å². The van der Waals surface area contributed by atoms with Crippen LogP contribution in [0.4, 0.5) is 10.1 Å². The third kappa shape index (κ3) is 4.48. The van der Waals surface area contributed by atoms with Gasteiger partial charge in [-0.1, -0.05) is 12.1 Å². The first-order valence-corrected chi connectivity index (χ1v) is 6.90. The summed E-state index contributed by atoms with van der Waals surface area (Å²) in [6.07, 6.45) is 2.27. The number of nitrogens with one attached hydrogen (secondary N) is 1. The van der Waals surface area contributed by atoms with Gasteiger partial charge in [-0.2, -0.15) is 0 Å². The minimum Gasteiger partial charge on any atom is -0.424 e. The zero-order valence-corrected chi connectivity index (χ0v) is 10.7. The third-order valence-electron chi connectivity index (χ3n) is 2.10. The molecule has 0 heterocycles. The van der Waals surface area contributed by atoms with Crippen molar-refractivity contribution in [1.29, 1.82) is 0 Å². The summed E-state index contributed by atoms with van der Waals surface area (Å²) in [5, 5.41) is 17.3. The van der Waals surface area contributed by atoms with Gasteiger partial charge in [0.2, 0.25) is 10.0 Å². The monoisotopic (exact) mass is 273 g/mol. The van der Waals surface area contributed by atoms with Gasteiger partial charge in [-0.3, -0.25) is 4.72 Å². The van der Waals surface area contributed by atoms with E-state index in [9.17, 15) is 12.8 Å². The summed E-state index contributed by atoms with van der Waals surface area (Å²) in [6, 6.07) is 2.45. The molecule has 18 heavy (non-hydrogen) atoms. The predicted molar refractivity (Wildman–Crippen MR) is 68.8 cm³/mol. The molecule has 98 valence electrons. The van der Waals surface area contributed by atoms with Crippen molar-refractivity contribution in [1.82, 2.24) is 0 Å². The summed E-state index contributed by atoms with van der Waals surface area (Å²) in [5.74, 6) is 0.337. The summed E-state index contributed by atoms with van der Waals surface area (Å²) in [4.78, 5) is 0. The number of anilines is 1. The summed E-state index contributed by atoms with van der Waals surface area (Å²) in [5.41, 5.74) is 0.885. The van der Waals surface area contributed by atoms with E-state index < -0.39 is 23.0 Å². The van der Waals surface area contributed by atoms with Crippen LogP contribution in [-0.2, 0) is 10.0 Å². The molecule has 1 aromatic carbocycles. The normalized spacial score (nSPS) is 11.8. The van der Waals surface area contributed by atoms with Crippen molar-refractivity contribution in [3.8, 4) is 0 Å². The van der Waals surface area contributed by atoms with Crippen LogP contribution < -0.4 is 4.72 Å². The molecule has 3 N–H and O–H groups in total. The van der Waals surface area contributed by atoms with Crippen molar-refractivity contribution >= 4 is 28.9 Å². The highest BCUT2D eigenvalue weighted by atomic mass is 32.2. The summed E-state index contributed by atoms with van der Waals surface area (Å²) < 4.78 is 37.7. The van der Waals surface area contributed by atoms with E-state index in [0.717, 1.165) is 18.3 Å². The van der Waals surface area contributed by atoms with E-state index in [1.165, 1.54) is 12.1 Å². The van der Waals surface area contributed by atoms with E-state index >= 15 is 0 Å². The Morgan fingerprint density at radius 2 is 2.00 bits per heavy atom. The van der Waals surface area contributed by atoms with Crippen molar-refractivity contribution in [3.05, 3.63) is 35.1 Å². The standard InChI is InChI=1S/C10H13BFNO4S/c1-7-5-10(13-18(2,16)17)9(12)6-8(7)3-4-11(14)15/h3-6,13-15H,1-2H3/b4-3+. The molecule has 0 aromatic heterocycles. The maximum absolute atomic E-state index is 13.6. The van der Waals surface area contributed by atoms with Crippen LogP contribution >= 0.6 is 0 Å². The SMILES string of the molecule is Cc1cc(NS(C)(=O)=O)c(F)cc1/C=C/B(O)O.